The molecule has 28 heavy (non-hydrogen) atoms. The van der Waals surface area contributed by atoms with E-state index in [1.54, 1.807) is 6.20 Å². The maximum Gasteiger partial charge on any atom is 0.358 e. The number of carbonyl (C=O) groups excluding carboxylic acids is 1. The number of benzene rings is 1. The maximum atomic E-state index is 11.5. The maximum absolute atomic E-state index is 11.5. The van der Waals surface area contributed by atoms with Crippen molar-refractivity contribution in [1.82, 2.24) is 15.0 Å². The molecule has 1 saturated heterocycles. The number of nitrogens with zero attached hydrogens (tertiary/aromatic N) is 3. The molecule has 7 heteroatoms. The highest BCUT2D eigenvalue weighted by Gasteiger charge is 2.43. The Morgan fingerprint density at radius 2 is 2.04 bits per heavy atom. The Balaban J connectivity index is 1.38. The SMILES string of the molecule is COC(=O)c1cnc(N2CCC3(CC2)OCCc2c3[nH]c3ccccc23)cn1. The van der Waals surface area contributed by atoms with Crippen LogP contribution < -0.4 is 4.90 Å². The molecule has 1 N–H and O–H groups in total. The van der Waals surface area contributed by atoms with E-state index in [0.29, 0.717) is 0 Å². The molecular formula is C21H22N4O3. The number of piperidine rings is 1. The highest BCUT2D eigenvalue weighted by atomic mass is 16.5. The normalized spacial score (nSPS) is 18.2. The van der Waals surface area contributed by atoms with Crippen molar-refractivity contribution in [3.8, 4) is 0 Å². The molecule has 2 aliphatic rings. The van der Waals surface area contributed by atoms with E-state index < -0.39 is 5.97 Å². The van der Waals surface area contributed by atoms with E-state index in [1.807, 2.05) is 0 Å². The second-order valence-corrected chi connectivity index (χ2v) is 7.36. The summed E-state index contributed by atoms with van der Waals surface area (Å²) in [6.07, 6.45) is 5.82. The van der Waals surface area contributed by atoms with Gasteiger partial charge >= 0.3 is 5.97 Å². The zero-order valence-electron chi connectivity index (χ0n) is 15.8. The van der Waals surface area contributed by atoms with Crippen LogP contribution in [0.1, 0.15) is 34.6 Å². The van der Waals surface area contributed by atoms with E-state index in [4.69, 9.17) is 4.74 Å². The van der Waals surface area contributed by atoms with E-state index in [1.165, 1.54) is 35.5 Å². The van der Waals surface area contributed by atoms with Gasteiger partial charge in [0.2, 0.25) is 0 Å². The Hall–Kier alpha value is -2.93. The zero-order valence-corrected chi connectivity index (χ0v) is 15.8. The number of ether oxygens (including phenoxy) is 2. The van der Waals surface area contributed by atoms with E-state index in [-0.39, 0.29) is 11.3 Å². The van der Waals surface area contributed by atoms with E-state index >= 15 is 0 Å². The Morgan fingerprint density at radius 1 is 1.21 bits per heavy atom. The Labute approximate surface area is 162 Å². The number of hydrogen-bond acceptors (Lipinski definition) is 6. The third kappa shape index (κ3) is 2.65. The van der Waals surface area contributed by atoms with Gasteiger partial charge in [-0.2, -0.15) is 0 Å². The average Bonchev–Trinajstić information content (AvgIpc) is 3.14. The van der Waals surface area contributed by atoms with Crippen LogP contribution in [0.25, 0.3) is 10.9 Å². The summed E-state index contributed by atoms with van der Waals surface area (Å²) in [4.78, 5) is 25.9. The number of para-hydroxylation sites is 1. The predicted molar refractivity (Wildman–Crippen MR) is 104 cm³/mol. The molecule has 4 heterocycles. The molecule has 1 fully saturated rings. The number of esters is 1. The summed E-state index contributed by atoms with van der Waals surface area (Å²) in [5.74, 6) is 0.300. The molecule has 2 aliphatic heterocycles. The van der Waals surface area contributed by atoms with Crippen molar-refractivity contribution in [3.05, 3.63) is 53.6 Å². The van der Waals surface area contributed by atoms with Gasteiger partial charge in [0.25, 0.3) is 0 Å². The molecule has 0 aliphatic carbocycles. The van der Waals surface area contributed by atoms with Gasteiger partial charge in [-0.3, -0.25) is 0 Å². The quantitative estimate of drug-likeness (QED) is 0.691. The summed E-state index contributed by atoms with van der Waals surface area (Å²) in [6.45, 7) is 2.39. The molecule has 0 radical (unpaired) electrons. The molecule has 0 saturated carbocycles. The lowest BCUT2D eigenvalue weighted by Gasteiger charge is -2.44. The summed E-state index contributed by atoms with van der Waals surface area (Å²) in [7, 11) is 1.34. The third-order valence-corrected chi connectivity index (χ3v) is 5.93. The number of fused-ring (bicyclic) bond motifs is 4. The van der Waals surface area contributed by atoms with Gasteiger partial charge in [0.05, 0.1) is 31.8 Å². The fourth-order valence-corrected chi connectivity index (χ4v) is 4.46. The van der Waals surface area contributed by atoms with Gasteiger partial charge < -0.3 is 19.4 Å². The van der Waals surface area contributed by atoms with Crippen molar-refractivity contribution >= 4 is 22.7 Å². The van der Waals surface area contributed by atoms with Crippen LogP contribution in [0.5, 0.6) is 0 Å². The molecule has 0 bridgehead atoms. The van der Waals surface area contributed by atoms with Gasteiger partial charge in [-0.15, -0.1) is 0 Å². The molecule has 3 aromatic rings. The first-order chi connectivity index (χ1) is 13.7. The van der Waals surface area contributed by atoms with E-state index in [0.717, 1.165) is 44.8 Å². The number of rotatable bonds is 2. The number of nitrogens with one attached hydrogen (secondary N) is 1. The van der Waals surface area contributed by atoms with Crippen LogP contribution in [-0.4, -0.2) is 47.7 Å². The van der Waals surface area contributed by atoms with Crippen LogP contribution in [0.4, 0.5) is 5.82 Å². The van der Waals surface area contributed by atoms with Gasteiger partial charge in [-0.05, 0) is 30.9 Å². The van der Waals surface area contributed by atoms with Gasteiger partial charge in [-0.25, -0.2) is 14.8 Å². The molecule has 5 rings (SSSR count). The van der Waals surface area contributed by atoms with Crippen molar-refractivity contribution in [2.45, 2.75) is 24.9 Å². The van der Waals surface area contributed by atoms with Crippen LogP contribution >= 0.6 is 0 Å². The molecule has 1 spiro atoms. The summed E-state index contributed by atoms with van der Waals surface area (Å²) >= 11 is 0. The minimum atomic E-state index is -0.474. The predicted octanol–water partition coefficient (Wildman–Crippen LogP) is 2.81. The highest BCUT2D eigenvalue weighted by molar-refractivity contribution is 5.87. The van der Waals surface area contributed by atoms with Crippen LogP contribution in [0, 0.1) is 0 Å². The number of aromatic nitrogens is 3. The van der Waals surface area contributed by atoms with Crippen LogP contribution in [0.2, 0.25) is 0 Å². The summed E-state index contributed by atoms with van der Waals surface area (Å²) in [5, 5.41) is 1.31. The first-order valence-corrected chi connectivity index (χ1v) is 9.59. The average molecular weight is 378 g/mol. The van der Waals surface area contributed by atoms with Crippen molar-refractivity contribution in [2.24, 2.45) is 0 Å². The Bertz CT molecular complexity index is 1020. The Morgan fingerprint density at radius 3 is 2.79 bits per heavy atom. The van der Waals surface area contributed by atoms with Crippen LogP contribution in [0.3, 0.4) is 0 Å². The number of H-pyrrole nitrogens is 1. The number of aromatic amines is 1. The molecular weight excluding hydrogens is 356 g/mol. The van der Waals surface area contributed by atoms with E-state index in [2.05, 4.69) is 48.9 Å². The molecule has 2 aromatic heterocycles. The fourth-order valence-electron chi connectivity index (χ4n) is 4.46. The van der Waals surface area contributed by atoms with Gasteiger partial charge in [0.1, 0.15) is 11.4 Å². The van der Waals surface area contributed by atoms with Crippen LogP contribution in [0.15, 0.2) is 36.7 Å². The summed E-state index contributed by atoms with van der Waals surface area (Å²) < 4.78 is 11.0. The largest absolute Gasteiger partial charge is 0.464 e. The lowest BCUT2D eigenvalue weighted by Crippen LogP contribution is -2.47. The number of methoxy groups -OCH3 is 1. The Kier molecular flexibility index (Phi) is 4.05. The first kappa shape index (κ1) is 17.2. The second-order valence-electron chi connectivity index (χ2n) is 7.36. The third-order valence-electron chi connectivity index (χ3n) is 5.93. The van der Waals surface area contributed by atoms with Gasteiger partial charge in [0, 0.05) is 24.0 Å². The molecule has 0 unspecified atom stereocenters. The van der Waals surface area contributed by atoms with E-state index in [9.17, 15) is 4.79 Å². The van der Waals surface area contributed by atoms with Crippen molar-refractivity contribution < 1.29 is 14.3 Å². The number of carbonyl (C=O) groups is 1. The first-order valence-electron chi connectivity index (χ1n) is 9.59. The van der Waals surface area contributed by atoms with Crippen molar-refractivity contribution in [3.63, 3.8) is 0 Å². The van der Waals surface area contributed by atoms with Gasteiger partial charge in [0.15, 0.2) is 5.69 Å². The smallest absolute Gasteiger partial charge is 0.358 e. The standard InChI is InChI=1S/C21H22N4O3/c1-27-20(26)17-12-23-18(13-22-17)25-9-7-21(8-10-25)19-15(6-11-28-21)14-4-2-3-5-16(14)24-19/h2-5,12-13,24H,6-11H2,1H3. The molecule has 0 amide bonds. The topological polar surface area (TPSA) is 80.3 Å². The molecule has 144 valence electrons. The highest BCUT2D eigenvalue weighted by Crippen LogP contribution is 2.43. The molecule has 7 nitrogen and oxygen atoms in total. The summed E-state index contributed by atoms with van der Waals surface area (Å²) in [5.41, 5.74) is 3.79. The van der Waals surface area contributed by atoms with Crippen molar-refractivity contribution in [2.75, 3.05) is 31.7 Å². The molecule has 0 atom stereocenters. The molecule has 1 aromatic carbocycles. The lowest BCUT2D eigenvalue weighted by molar-refractivity contribution is -0.0791. The zero-order chi connectivity index (χ0) is 19.1. The fraction of sp³-hybridized carbons (Fsp3) is 0.381. The van der Waals surface area contributed by atoms with Crippen LogP contribution in [-0.2, 0) is 21.5 Å². The minimum Gasteiger partial charge on any atom is -0.464 e. The number of hydrogen-bond donors (Lipinski definition) is 1. The van der Waals surface area contributed by atoms with Gasteiger partial charge in [-0.1, -0.05) is 18.2 Å². The minimum absolute atomic E-state index is 0.220. The van der Waals surface area contributed by atoms with Crippen molar-refractivity contribution in [1.29, 1.82) is 0 Å². The number of anilines is 1. The summed E-state index contributed by atoms with van der Waals surface area (Å²) in [6, 6.07) is 8.49. The second kappa shape index (κ2) is 6.60. The monoisotopic (exact) mass is 378 g/mol. The lowest BCUT2D eigenvalue weighted by atomic mass is 9.83.